The molecule has 0 aliphatic carbocycles. The quantitative estimate of drug-likeness (QED) is 0.617. The summed E-state index contributed by atoms with van der Waals surface area (Å²) in [5.41, 5.74) is -2.53. The highest BCUT2D eigenvalue weighted by Gasteiger charge is 2.36. The minimum atomic E-state index is -4.74. The Morgan fingerprint density at radius 3 is 2.50 bits per heavy atom. The van der Waals surface area contributed by atoms with Gasteiger partial charge in [0.1, 0.15) is 5.82 Å². The average molecular weight is 304 g/mol. The fourth-order valence-electron chi connectivity index (χ4n) is 1.67. The monoisotopic (exact) mass is 303 g/mol. The number of benzene rings is 1. The van der Waals surface area contributed by atoms with Gasteiger partial charge in [-0.3, -0.25) is 9.78 Å². The van der Waals surface area contributed by atoms with Crippen LogP contribution in [0.1, 0.15) is 21.5 Å². The first-order valence-corrected chi connectivity index (χ1v) is 5.70. The van der Waals surface area contributed by atoms with E-state index in [0.717, 1.165) is 18.5 Å². The zero-order valence-corrected chi connectivity index (χ0v) is 10.5. The van der Waals surface area contributed by atoms with Crippen LogP contribution in [-0.4, -0.2) is 10.8 Å². The van der Waals surface area contributed by atoms with Crippen molar-refractivity contribution < 1.29 is 22.4 Å². The number of nitrogens with zero attached hydrogens (tertiary/aromatic N) is 1. The van der Waals surface area contributed by atoms with Gasteiger partial charge in [-0.2, -0.15) is 13.2 Å². The van der Waals surface area contributed by atoms with Crippen LogP contribution in [0.25, 0.3) is 0 Å². The Kier molecular flexibility index (Phi) is 3.76. The number of carbonyl (C=O) groups excluding carboxylic acids is 1. The molecule has 0 aliphatic heterocycles. The smallest absolute Gasteiger partial charge is 0.288 e. The van der Waals surface area contributed by atoms with E-state index < -0.39 is 34.5 Å². The van der Waals surface area contributed by atoms with Crippen molar-refractivity contribution in [2.45, 2.75) is 6.18 Å². The van der Waals surface area contributed by atoms with Gasteiger partial charge in [-0.1, -0.05) is 17.7 Å². The van der Waals surface area contributed by atoms with Crippen molar-refractivity contribution in [1.29, 1.82) is 0 Å². The number of aromatic nitrogens is 1. The van der Waals surface area contributed by atoms with Crippen LogP contribution in [-0.2, 0) is 6.18 Å². The molecule has 104 valence electrons. The molecular formula is C13H6ClF4NO. The molecule has 2 rings (SSSR count). The Bertz CT molecular complexity index is 649. The minimum Gasteiger partial charge on any atom is -0.288 e. The molecule has 0 spiro atoms. The number of hydrogen-bond donors (Lipinski definition) is 0. The SMILES string of the molecule is O=C(c1cnccc1C(F)(F)F)c1c(F)cccc1Cl. The van der Waals surface area contributed by atoms with Crippen molar-refractivity contribution in [3.8, 4) is 0 Å². The highest BCUT2D eigenvalue weighted by Crippen LogP contribution is 2.33. The van der Waals surface area contributed by atoms with E-state index in [4.69, 9.17) is 11.6 Å². The molecule has 2 aromatic rings. The van der Waals surface area contributed by atoms with E-state index in [-0.39, 0.29) is 5.02 Å². The number of alkyl halides is 3. The maximum absolute atomic E-state index is 13.6. The predicted octanol–water partition coefficient (Wildman–Crippen LogP) is 4.12. The molecule has 0 bridgehead atoms. The lowest BCUT2D eigenvalue weighted by molar-refractivity contribution is -0.137. The van der Waals surface area contributed by atoms with Crippen LogP contribution in [0.3, 0.4) is 0 Å². The van der Waals surface area contributed by atoms with Gasteiger partial charge in [0.15, 0.2) is 5.78 Å². The fraction of sp³-hybridized carbons (Fsp3) is 0.0769. The van der Waals surface area contributed by atoms with Crippen molar-refractivity contribution in [2.24, 2.45) is 0 Å². The van der Waals surface area contributed by atoms with Gasteiger partial charge in [0.05, 0.1) is 21.7 Å². The summed E-state index contributed by atoms with van der Waals surface area (Å²) in [5.74, 6) is -2.15. The highest BCUT2D eigenvalue weighted by molar-refractivity contribution is 6.35. The van der Waals surface area contributed by atoms with E-state index >= 15 is 0 Å². The largest absolute Gasteiger partial charge is 0.417 e. The van der Waals surface area contributed by atoms with Gasteiger partial charge in [-0.05, 0) is 18.2 Å². The Morgan fingerprint density at radius 1 is 1.20 bits per heavy atom. The lowest BCUT2D eigenvalue weighted by Gasteiger charge is -2.12. The molecule has 0 amide bonds. The first-order valence-electron chi connectivity index (χ1n) is 5.32. The molecule has 1 heterocycles. The van der Waals surface area contributed by atoms with Crippen LogP contribution in [0.15, 0.2) is 36.7 Å². The van der Waals surface area contributed by atoms with Gasteiger partial charge in [-0.25, -0.2) is 4.39 Å². The molecule has 20 heavy (non-hydrogen) atoms. The summed E-state index contributed by atoms with van der Waals surface area (Å²) in [6, 6.07) is 4.08. The lowest BCUT2D eigenvalue weighted by atomic mass is 9.99. The second-order valence-corrected chi connectivity index (χ2v) is 4.25. The zero-order valence-electron chi connectivity index (χ0n) is 9.71. The predicted molar refractivity (Wildman–Crippen MR) is 64.1 cm³/mol. The molecule has 0 saturated carbocycles. The lowest BCUT2D eigenvalue weighted by Crippen LogP contribution is -2.15. The van der Waals surface area contributed by atoms with Gasteiger partial charge in [-0.15, -0.1) is 0 Å². The number of halogens is 5. The van der Waals surface area contributed by atoms with E-state index in [2.05, 4.69) is 4.98 Å². The summed E-state index contributed by atoms with van der Waals surface area (Å²) in [7, 11) is 0. The van der Waals surface area contributed by atoms with E-state index in [9.17, 15) is 22.4 Å². The number of hydrogen-bond acceptors (Lipinski definition) is 2. The fourth-order valence-corrected chi connectivity index (χ4v) is 1.92. The molecule has 1 aromatic heterocycles. The second kappa shape index (κ2) is 5.20. The molecule has 0 unspecified atom stereocenters. The van der Waals surface area contributed by atoms with Crippen molar-refractivity contribution in [3.05, 3.63) is 64.2 Å². The van der Waals surface area contributed by atoms with Crippen LogP contribution in [0, 0.1) is 5.82 Å². The molecule has 0 saturated heterocycles. The van der Waals surface area contributed by atoms with Crippen molar-refractivity contribution in [2.75, 3.05) is 0 Å². The maximum Gasteiger partial charge on any atom is 0.417 e. The van der Waals surface area contributed by atoms with E-state index in [1.807, 2.05) is 0 Å². The zero-order chi connectivity index (χ0) is 14.9. The molecular weight excluding hydrogens is 298 g/mol. The molecule has 0 aliphatic rings. The molecule has 2 nitrogen and oxygen atoms in total. The summed E-state index contributed by atoms with van der Waals surface area (Å²) in [6.45, 7) is 0. The third kappa shape index (κ3) is 2.65. The van der Waals surface area contributed by atoms with Crippen LogP contribution in [0.5, 0.6) is 0 Å². The first kappa shape index (κ1) is 14.5. The van der Waals surface area contributed by atoms with Crippen LogP contribution in [0.4, 0.5) is 17.6 Å². The number of pyridine rings is 1. The van der Waals surface area contributed by atoms with Crippen molar-refractivity contribution >= 4 is 17.4 Å². The Morgan fingerprint density at radius 2 is 1.90 bits per heavy atom. The summed E-state index contributed by atoms with van der Waals surface area (Å²) in [5, 5.41) is -0.257. The molecule has 0 radical (unpaired) electrons. The summed E-state index contributed by atoms with van der Waals surface area (Å²) in [6.07, 6.45) is -3.10. The van der Waals surface area contributed by atoms with Gasteiger partial charge in [0, 0.05) is 12.4 Å². The Labute approximate surface area is 116 Å². The topological polar surface area (TPSA) is 30.0 Å². The van der Waals surface area contributed by atoms with E-state index in [1.165, 1.54) is 12.1 Å². The van der Waals surface area contributed by atoms with Gasteiger partial charge >= 0.3 is 6.18 Å². The molecule has 7 heteroatoms. The number of carbonyl (C=O) groups is 1. The summed E-state index contributed by atoms with van der Waals surface area (Å²) >= 11 is 5.68. The van der Waals surface area contributed by atoms with E-state index in [0.29, 0.717) is 6.07 Å². The normalized spacial score (nSPS) is 11.4. The van der Waals surface area contributed by atoms with Gasteiger partial charge in [0.2, 0.25) is 0 Å². The standard InChI is InChI=1S/C13H6ClF4NO/c14-9-2-1-3-10(15)11(9)12(20)7-6-19-5-4-8(7)13(16,17)18/h1-6H. The summed E-state index contributed by atoms with van der Waals surface area (Å²) < 4.78 is 52.1. The van der Waals surface area contributed by atoms with Crippen LogP contribution in [0.2, 0.25) is 5.02 Å². The second-order valence-electron chi connectivity index (χ2n) is 3.84. The molecule has 0 N–H and O–H groups in total. The minimum absolute atomic E-state index is 0.257. The van der Waals surface area contributed by atoms with Crippen molar-refractivity contribution in [1.82, 2.24) is 4.98 Å². The van der Waals surface area contributed by atoms with E-state index in [1.54, 1.807) is 0 Å². The number of rotatable bonds is 2. The molecule has 0 atom stereocenters. The van der Waals surface area contributed by atoms with Crippen LogP contribution >= 0.6 is 11.6 Å². The van der Waals surface area contributed by atoms with Gasteiger partial charge in [0.25, 0.3) is 0 Å². The maximum atomic E-state index is 13.6. The summed E-state index contributed by atoms with van der Waals surface area (Å²) in [4.78, 5) is 15.6. The molecule has 0 fully saturated rings. The van der Waals surface area contributed by atoms with Crippen LogP contribution < -0.4 is 0 Å². The molecule has 1 aromatic carbocycles. The Balaban J connectivity index is 2.61. The Hall–Kier alpha value is -1.95. The highest BCUT2D eigenvalue weighted by atomic mass is 35.5. The van der Waals surface area contributed by atoms with Gasteiger partial charge < -0.3 is 0 Å². The first-order chi connectivity index (χ1) is 9.32. The van der Waals surface area contributed by atoms with Crippen molar-refractivity contribution in [3.63, 3.8) is 0 Å². The number of ketones is 1. The third-order valence-corrected chi connectivity index (χ3v) is 2.88. The average Bonchev–Trinajstić information content (AvgIpc) is 2.37. The third-order valence-electron chi connectivity index (χ3n) is 2.56.